The third-order valence-corrected chi connectivity index (χ3v) is 4.31. The summed E-state index contributed by atoms with van der Waals surface area (Å²) in [6.07, 6.45) is -7.22. The van der Waals surface area contributed by atoms with Gasteiger partial charge in [0.1, 0.15) is 5.82 Å². The van der Waals surface area contributed by atoms with Crippen LogP contribution >= 0.6 is 0 Å². The maximum absolute atomic E-state index is 13.5. The van der Waals surface area contributed by atoms with Crippen molar-refractivity contribution in [3.05, 3.63) is 88.9 Å². The summed E-state index contributed by atoms with van der Waals surface area (Å²) in [7, 11) is 0. The van der Waals surface area contributed by atoms with Gasteiger partial charge in [0.05, 0.1) is 28.4 Å². The van der Waals surface area contributed by atoms with E-state index in [1.165, 1.54) is 12.1 Å². The zero-order chi connectivity index (χ0) is 22.8. The van der Waals surface area contributed by atoms with Crippen LogP contribution in [0.3, 0.4) is 0 Å². The van der Waals surface area contributed by atoms with E-state index < -0.39 is 41.1 Å². The lowest BCUT2D eigenvalue weighted by Crippen LogP contribution is -2.31. The van der Waals surface area contributed by atoms with Crippen LogP contribution in [0.15, 0.2) is 60.9 Å². The van der Waals surface area contributed by atoms with E-state index in [9.17, 15) is 31.1 Å². The molecular formula is C20H14F6N4O. The molecule has 1 amide bonds. The molecule has 1 unspecified atom stereocenters. The monoisotopic (exact) mass is 440 g/mol. The standard InChI is InChI=1S/C20H14F6N4O/c21-19(22,23)13-6-3-11(4-7-13)16(17-14(20(24,25)26)2-1-9-28-17)30-18(31)12-5-8-15(27)29-10-12/h1-10,16H,(H2,27,29)(H,30,31). The maximum Gasteiger partial charge on any atom is 0.418 e. The van der Waals surface area contributed by atoms with E-state index >= 15 is 0 Å². The number of hydrogen-bond donors (Lipinski definition) is 2. The van der Waals surface area contributed by atoms with Crippen molar-refractivity contribution in [2.45, 2.75) is 18.4 Å². The van der Waals surface area contributed by atoms with Crippen LogP contribution in [-0.2, 0) is 12.4 Å². The summed E-state index contributed by atoms with van der Waals surface area (Å²) in [6, 6.07) is 6.41. The number of halogens is 6. The Morgan fingerprint density at radius 1 is 0.903 bits per heavy atom. The summed E-state index contributed by atoms with van der Waals surface area (Å²) < 4.78 is 79.2. The molecular weight excluding hydrogens is 426 g/mol. The highest BCUT2D eigenvalue weighted by molar-refractivity contribution is 5.94. The van der Waals surface area contributed by atoms with Gasteiger partial charge >= 0.3 is 12.4 Å². The van der Waals surface area contributed by atoms with Crippen molar-refractivity contribution in [2.75, 3.05) is 5.73 Å². The first-order valence-electron chi connectivity index (χ1n) is 8.68. The average molecular weight is 440 g/mol. The second-order valence-electron chi connectivity index (χ2n) is 6.43. The zero-order valence-electron chi connectivity index (χ0n) is 15.5. The number of amides is 1. The Labute approximate surface area is 171 Å². The summed E-state index contributed by atoms with van der Waals surface area (Å²) in [5, 5.41) is 2.39. The number of aromatic nitrogens is 2. The lowest BCUT2D eigenvalue weighted by molar-refractivity contribution is -0.139. The van der Waals surface area contributed by atoms with Gasteiger partial charge in [-0.3, -0.25) is 9.78 Å². The summed E-state index contributed by atoms with van der Waals surface area (Å²) >= 11 is 0. The maximum atomic E-state index is 13.5. The molecule has 2 aromatic heterocycles. The van der Waals surface area contributed by atoms with Gasteiger partial charge in [-0.2, -0.15) is 26.3 Å². The smallest absolute Gasteiger partial charge is 0.384 e. The van der Waals surface area contributed by atoms with Gasteiger partial charge in [-0.25, -0.2) is 4.98 Å². The van der Waals surface area contributed by atoms with Crippen LogP contribution in [-0.4, -0.2) is 15.9 Å². The lowest BCUT2D eigenvalue weighted by Gasteiger charge is -2.23. The first-order valence-corrected chi connectivity index (χ1v) is 8.68. The second-order valence-corrected chi connectivity index (χ2v) is 6.43. The van der Waals surface area contributed by atoms with E-state index in [1.54, 1.807) is 0 Å². The lowest BCUT2D eigenvalue weighted by atomic mass is 9.97. The van der Waals surface area contributed by atoms with Crippen molar-refractivity contribution in [1.29, 1.82) is 0 Å². The van der Waals surface area contributed by atoms with Crippen molar-refractivity contribution < 1.29 is 31.1 Å². The topological polar surface area (TPSA) is 80.9 Å². The summed E-state index contributed by atoms with van der Waals surface area (Å²) in [4.78, 5) is 20.1. The van der Waals surface area contributed by atoms with Crippen molar-refractivity contribution >= 4 is 11.7 Å². The zero-order valence-corrected chi connectivity index (χ0v) is 15.5. The molecule has 31 heavy (non-hydrogen) atoms. The Balaban J connectivity index is 2.07. The average Bonchev–Trinajstić information content (AvgIpc) is 2.71. The highest BCUT2D eigenvalue weighted by Gasteiger charge is 2.37. The number of pyridine rings is 2. The van der Waals surface area contributed by atoms with Crippen LogP contribution < -0.4 is 11.1 Å². The van der Waals surface area contributed by atoms with E-state index in [2.05, 4.69) is 15.3 Å². The predicted molar refractivity (Wildman–Crippen MR) is 98.6 cm³/mol. The third-order valence-electron chi connectivity index (χ3n) is 4.31. The fourth-order valence-corrected chi connectivity index (χ4v) is 2.82. The number of anilines is 1. The highest BCUT2D eigenvalue weighted by atomic mass is 19.4. The SMILES string of the molecule is Nc1ccc(C(=O)NC(c2ccc(C(F)(F)F)cc2)c2ncccc2C(F)(F)F)cn1. The molecule has 0 aliphatic carbocycles. The fraction of sp³-hybridized carbons (Fsp3) is 0.150. The number of benzene rings is 1. The van der Waals surface area contributed by atoms with E-state index in [1.807, 2.05) is 0 Å². The first-order chi connectivity index (χ1) is 14.5. The molecule has 3 N–H and O–H groups in total. The highest BCUT2D eigenvalue weighted by Crippen LogP contribution is 2.36. The number of nitrogens with one attached hydrogen (secondary N) is 1. The van der Waals surface area contributed by atoms with Gasteiger partial charge in [0, 0.05) is 12.4 Å². The number of carbonyl (C=O) groups excluding carboxylic acids is 1. The van der Waals surface area contributed by atoms with Gasteiger partial charge in [-0.1, -0.05) is 12.1 Å². The van der Waals surface area contributed by atoms with Crippen LogP contribution in [0.25, 0.3) is 0 Å². The molecule has 162 valence electrons. The molecule has 0 spiro atoms. The Hall–Kier alpha value is -3.63. The minimum Gasteiger partial charge on any atom is -0.384 e. The van der Waals surface area contributed by atoms with Crippen LogP contribution in [0.1, 0.15) is 38.8 Å². The molecule has 1 aromatic carbocycles. The van der Waals surface area contributed by atoms with E-state index in [0.29, 0.717) is 0 Å². The molecule has 0 bridgehead atoms. The summed E-state index contributed by atoms with van der Waals surface area (Å²) in [6.45, 7) is 0. The van der Waals surface area contributed by atoms with Crippen LogP contribution in [0, 0.1) is 0 Å². The van der Waals surface area contributed by atoms with Crippen molar-refractivity contribution in [1.82, 2.24) is 15.3 Å². The molecule has 3 rings (SSSR count). The van der Waals surface area contributed by atoms with Crippen LogP contribution in [0.5, 0.6) is 0 Å². The number of nitrogen functional groups attached to an aromatic ring is 1. The summed E-state index contributed by atoms with van der Waals surface area (Å²) in [5.41, 5.74) is 2.76. The molecule has 0 saturated carbocycles. The largest absolute Gasteiger partial charge is 0.418 e. The fourth-order valence-electron chi connectivity index (χ4n) is 2.82. The number of nitrogens with zero attached hydrogens (tertiary/aromatic N) is 2. The van der Waals surface area contributed by atoms with Crippen LogP contribution in [0.4, 0.5) is 32.2 Å². The van der Waals surface area contributed by atoms with Gasteiger partial charge in [0.2, 0.25) is 0 Å². The second kappa shape index (κ2) is 8.25. The molecule has 2 heterocycles. The minimum atomic E-state index is -4.80. The van der Waals surface area contributed by atoms with Crippen molar-refractivity contribution in [3.8, 4) is 0 Å². The number of carbonyl (C=O) groups is 1. The molecule has 11 heteroatoms. The normalized spacial score (nSPS) is 13.0. The van der Waals surface area contributed by atoms with Gasteiger partial charge in [0.15, 0.2) is 0 Å². The minimum absolute atomic E-state index is 0.00407. The number of alkyl halides is 6. The molecule has 5 nitrogen and oxygen atoms in total. The molecule has 0 aliphatic heterocycles. The number of hydrogen-bond acceptors (Lipinski definition) is 4. The Kier molecular flexibility index (Phi) is 5.87. The Morgan fingerprint density at radius 2 is 1.58 bits per heavy atom. The van der Waals surface area contributed by atoms with E-state index in [4.69, 9.17) is 5.73 Å². The van der Waals surface area contributed by atoms with Crippen LogP contribution in [0.2, 0.25) is 0 Å². The molecule has 0 saturated heterocycles. The molecule has 0 fully saturated rings. The third kappa shape index (κ3) is 5.11. The first kappa shape index (κ1) is 22.1. The van der Waals surface area contributed by atoms with Gasteiger partial charge < -0.3 is 11.1 Å². The Morgan fingerprint density at radius 3 is 2.13 bits per heavy atom. The number of nitrogens with two attached hydrogens (primary N) is 1. The summed E-state index contributed by atoms with van der Waals surface area (Å²) in [5.74, 6) is -0.684. The van der Waals surface area contributed by atoms with E-state index in [-0.39, 0.29) is 16.9 Å². The van der Waals surface area contributed by atoms with Gasteiger partial charge in [0.25, 0.3) is 5.91 Å². The molecule has 0 radical (unpaired) electrons. The predicted octanol–water partition coefficient (Wildman–Crippen LogP) is 4.62. The quantitative estimate of drug-likeness (QED) is 0.581. The molecule has 0 aliphatic rings. The molecule has 3 aromatic rings. The molecule has 1 atom stereocenters. The Bertz CT molecular complexity index is 1060. The van der Waals surface area contributed by atoms with E-state index in [0.717, 1.165) is 48.8 Å². The van der Waals surface area contributed by atoms with Crippen molar-refractivity contribution in [2.24, 2.45) is 0 Å². The van der Waals surface area contributed by atoms with Gasteiger partial charge in [-0.15, -0.1) is 0 Å². The van der Waals surface area contributed by atoms with Gasteiger partial charge in [-0.05, 0) is 42.0 Å². The van der Waals surface area contributed by atoms with Crippen molar-refractivity contribution in [3.63, 3.8) is 0 Å². The number of rotatable bonds is 4.